The molecule has 2 atom stereocenters. The molecule has 4 N–H and O–H groups in total. The summed E-state index contributed by atoms with van der Waals surface area (Å²) in [6.07, 6.45) is 3.43. The number of rotatable bonds is 10. The first-order chi connectivity index (χ1) is 16.6. The molecule has 0 bridgehead atoms. The maximum absolute atomic E-state index is 12.3. The molecule has 3 aromatic rings. The zero-order valence-electron chi connectivity index (χ0n) is 19.0. The number of amides is 1. The van der Waals surface area contributed by atoms with E-state index in [4.69, 9.17) is 5.11 Å². The van der Waals surface area contributed by atoms with Crippen LogP contribution < -0.4 is 16.0 Å². The van der Waals surface area contributed by atoms with Gasteiger partial charge in [-0.3, -0.25) is 14.6 Å². The Balaban J connectivity index is 1.39. The number of anilines is 1. The predicted molar refractivity (Wildman–Crippen MR) is 132 cm³/mol. The zero-order valence-corrected chi connectivity index (χ0v) is 19.0. The molecule has 0 spiro atoms. The van der Waals surface area contributed by atoms with Crippen molar-refractivity contribution in [2.45, 2.75) is 25.3 Å². The number of carboxylic acid groups (broad SMARTS) is 1. The first-order valence-electron chi connectivity index (χ1n) is 11.6. The molecule has 0 saturated carbocycles. The van der Waals surface area contributed by atoms with Crippen LogP contribution >= 0.6 is 0 Å². The Morgan fingerprint density at radius 1 is 1.06 bits per heavy atom. The van der Waals surface area contributed by atoms with Crippen molar-refractivity contribution in [1.82, 2.24) is 15.6 Å². The van der Waals surface area contributed by atoms with Crippen LogP contribution in [-0.2, 0) is 17.6 Å². The number of aliphatic carboxylic acids is 1. The van der Waals surface area contributed by atoms with Gasteiger partial charge in [-0.25, -0.2) is 0 Å². The molecule has 0 saturated heterocycles. The van der Waals surface area contributed by atoms with E-state index in [2.05, 4.69) is 51.3 Å². The number of carboxylic acids is 1. The fourth-order valence-electron chi connectivity index (χ4n) is 4.40. The maximum Gasteiger partial charge on any atom is 0.305 e. The lowest BCUT2D eigenvalue weighted by molar-refractivity contribution is -0.136. The third kappa shape index (κ3) is 6.20. The number of hydrogen-bond acceptors (Lipinski definition) is 5. The van der Waals surface area contributed by atoms with E-state index in [0.29, 0.717) is 11.5 Å². The number of aromatic nitrogens is 1. The molecule has 176 valence electrons. The van der Waals surface area contributed by atoms with Gasteiger partial charge in [0.2, 0.25) is 0 Å². The van der Waals surface area contributed by atoms with Gasteiger partial charge in [0.05, 0.1) is 17.8 Å². The van der Waals surface area contributed by atoms with Gasteiger partial charge < -0.3 is 21.1 Å². The molecule has 2 aromatic carbocycles. The largest absolute Gasteiger partial charge is 0.481 e. The van der Waals surface area contributed by atoms with E-state index >= 15 is 0 Å². The zero-order chi connectivity index (χ0) is 23.8. The van der Waals surface area contributed by atoms with E-state index in [1.807, 2.05) is 36.5 Å². The van der Waals surface area contributed by atoms with E-state index in [-0.39, 0.29) is 24.9 Å². The first-order valence-corrected chi connectivity index (χ1v) is 11.6. The van der Waals surface area contributed by atoms with Crippen LogP contribution in [-0.4, -0.2) is 41.6 Å². The van der Waals surface area contributed by atoms with Gasteiger partial charge in [-0.2, -0.15) is 0 Å². The Morgan fingerprint density at radius 3 is 2.74 bits per heavy atom. The monoisotopic (exact) mass is 458 g/mol. The molecule has 1 aliphatic heterocycles. The van der Waals surface area contributed by atoms with Crippen molar-refractivity contribution in [1.29, 1.82) is 0 Å². The van der Waals surface area contributed by atoms with E-state index in [1.54, 1.807) is 6.07 Å². The maximum atomic E-state index is 12.3. The summed E-state index contributed by atoms with van der Waals surface area (Å²) in [5.41, 5.74) is 5.06. The highest BCUT2D eigenvalue weighted by Gasteiger charge is 2.27. The summed E-state index contributed by atoms with van der Waals surface area (Å²) in [5.74, 6) is -0.825. The van der Waals surface area contributed by atoms with Crippen molar-refractivity contribution in [3.05, 3.63) is 95.3 Å². The standard InChI is InChI=1S/C27H30N4O3/c32-25(33)12-15-30-27(34)21-9-4-6-19(16-21)11-14-29-26(20-7-2-1-3-8-20)22-17-24-23(31-18-22)10-5-13-28-24/h1-10,13,16,22,26,29,31H,11-12,14-15,17-18H2,(H,30,34)(H,32,33)/t22-,26-/m1/s1. The number of pyridine rings is 1. The third-order valence-corrected chi connectivity index (χ3v) is 6.12. The van der Waals surface area contributed by atoms with Crippen molar-refractivity contribution >= 4 is 17.6 Å². The minimum absolute atomic E-state index is 0.0910. The second-order valence-electron chi connectivity index (χ2n) is 8.54. The summed E-state index contributed by atoms with van der Waals surface area (Å²) in [6, 6.07) is 22.2. The Kier molecular flexibility index (Phi) is 7.88. The average molecular weight is 459 g/mol. The van der Waals surface area contributed by atoms with Crippen LogP contribution in [0.15, 0.2) is 72.9 Å². The molecule has 2 heterocycles. The Morgan fingerprint density at radius 2 is 1.91 bits per heavy atom. The highest BCUT2D eigenvalue weighted by molar-refractivity contribution is 5.94. The van der Waals surface area contributed by atoms with Gasteiger partial charge in [-0.1, -0.05) is 42.5 Å². The molecular weight excluding hydrogens is 428 g/mol. The minimum Gasteiger partial charge on any atom is -0.481 e. The van der Waals surface area contributed by atoms with E-state index in [1.165, 1.54) is 5.56 Å². The molecule has 0 radical (unpaired) electrons. The van der Waals surface area contributed by atoms with Gasteiger partial charge in [-0.15, -0.1) is 0 Å². The van der Waals surface area contributed by atoms with E-state index in [0.717, 1.165) is 42.9 Å². The number of carbonyl (C=O) groups excluding carboxylic acids is 1. The molecule has 7 nitrogen and oxygen atoms in total. The molecule has 1 aliphatic rings. The van der Waals surface area contributed by atoms with Crippen LogP contribution in [0, 0.1) is 5.92 Å². The van der Waals surface area contributed by atoms with Gasteiger partial charge in [0.1, 0.15) is 0 Å². The highest BCUT2D eigenvalue weighted by atomic mass is 16.4. The normalized spacial score (nSPS) is 15.6. The minimum atomic E-state index is -0.930. The molecule has 0 fully saturated rings. The fourth-order valence-corrected chi connectivity index (χ4v) is 4.40. The lowest BCUT2D eigenvalue weighted by Gasteiger charge is -2.33. The van der Waals surface area contributed by atoms with E-state index in [9.17, 15) is 9.59 Å². The highest BCUT2D eigenvalue weighted by Crippen LogP contribution is 2.31. The number of carbonyl (C=O) groups is 2. The number of benzene rings is 2. The van der Waals surface area contributed by atoms with Crippen LogP contribution in [0.4, 0.5) is 5.69 Å². The average Bonchev–Trinajstić information content (AvgIpc) is 2.87. The smallest absolute Gasteiger partial charge is 0.305 e. The fraction of sp³-hybridized carbons (Fsp3) is 0.296. The lowest BCUT2D eigenvalue weighted by Crippen LogP contribution is -2.37. The number of nitrogens with one attached hydrogen (secondary N) is 3. The Bertz CT molecular complexity index is 1120. The topological polar surface area (TPSA) is 103 Å². The summed E-state index contributed by atoms with van der Waals surface area (Å²) >= 11 is 0. The van der Waals surface area contributed by atoms with Crippen molar-refractivity contribution in [3.63, 3.8) is 0 Å². The molecule has 1 aromatic heterocycles. The molecule has 0 unspecified atom stereocenters. The number of fused-ring (bicyclic) bond motifs is 1. The van der Waals surface area contributed by atoms with Gasteiger partial charge in [0.15, 0.2) is 0 Å². The number of nitrogens with zero attached hydrogens (tertiary/aromatic N) is 1. The van der Waals surface area contributed by atoms with Crippen molar-refractivity contribution in [2.24, 2.45) is 5.92 Å². The van der Waals surface area contributed by atoms with Crippen LogP contribution in [0.2, 0.25) is 0 Å². The van der Waals surface area contributed by atoms with Crippen molar-refractivity contribution < 1.29 is 14.7 Å². The summed E-state index contributed by atoms with van der Waals surface area (Å²) in [7, 11) is 0. The van der Waals surface area contributed by atoms with Gasteiger partial charge in [0.25, 0.3) is 5.91 Å². The van der Waals surface area contributed by atoms with Crippen LogP contribution in [0.25, 0.3) is 0 Å². The summed E-state index contributed by atoms with van der Waals surface area (Å²) in [5, 5.41) is 18.7. The molecule has 1 amide bonds. The molecular formula is C27H30N4O3. The van der Waals surface area contributed by atoms with Gasteiger partial charge in [-0.05, 0) is 54.8 Å². The SMILES string of the molecule is O=C(O)CCNC(=O)c1cccc(CCN[C@H](c2ccccc2)[C@H]2CNc3cccnc3C2)c1. The number of hydrogen-bond donors (Lipinski definition) is 4. The third-order valence-electron chi connectivity index (χ3n) is 6.12. The summed E-state index contributed by atoms with van der Waals surface area (Å²) in [6.45, 7) is 1.75. The van der Waals surface area contributed by atoms with Crippen LogP contribution in [0.1, 0.15) is 39.6 Å². The van der Waals surface area contributed by atoms with Crippen LogP contribution in [0.3, 0.4) is 0 Å². The van der Waals surface area contributed by atoms with E-state index < -0.39 is 5.97 Å². The molecule has 34 heavy (non-hydrogen) atoms. The second-order valence-corrected chi connectivity index (χ2v) is 8.54. The second kappa shape index (κ2) is 11.4. The molecule has 7 heteroatoms. The van der Waals surface area contributed by atoms with Gasteiger partial charge in [0, 0.05) is 36.8 Å². The quantitative estimate of drug-likeness (QED) is 0.371. The van der Waals surface area contributed by atoms with Crippen molar-refractivity contribution in [3.8, 4) is 0 Å². The summed E-state index contributed by atoms with van der Waals surface area (Å²) < 4.78 is 0. The predicted octanol–water partition coefficient (Wildman–Crippen LogP) is 3.44. The molecule has 4 rings (SSSR count). The Labute approximate surface area is 199 Å². The van der Waals surface area contributed by atoms with Crippen molar-refractivity contribution in [2.75, 3.05) is 25.0 Å². The Hall–Kier alpha value is -3.71. The lowest BCUT2D eigenvalue weighted by atomic mass is 9.86. The first kappa shape index (κ1) is 23.4. The van der Waals surface area contributed by atoms with Crippen LogP contribution in [0.5, 0.6) is 0 Å². The van der Waals surface area contributed by atoms with Gasteiger partial charge >= 0.3 is 5.97 Å². The summed E-state index contributed by atoms with van der Waals surface area (Å²) in [4.78, 5) is 27.5. The molecule has 0 aliphatic carbocycles.